The molecule has 0 saturated heterocycles. The van der Waals surface area contributed by atoms with Crippen molar-refractivity contribution in [2.45, 2.75) is 51.6 Å². The molecule has 0 aliphatic heterocycles. The molecule has 1 N–H and O–H groups in total. The van der Waals surface area contributed by atoms with Crippen molar-refractivity contribution >= 4 is 0 Å². The molecule has 1 aliphatic carbocycles. The SMILES string of the molecule is CNC1CCC(N(CCN(C)C)CC(C)C)CC1. The molecule has 0 unspecified atom stereocenters. The predicted molar refractivity (Wildman–Crippen MR) is 80.1 cm³/mol. The summed E-state index contributed by atoms with van der Waals surface area (Å²) in [5.41, 5.74) is 0. The third kappa shape index (κ3) is 5.68. The maximum absolute atomic E-state index is 3.43. The fourth-order valence-electron chi connectivity index (χ4n) is 2.95. The molecular weight excluding hydrogens is 222 g/mol. The van der Waals surface area contributed by atoms with Crippen LogP contribution in [0.2, 0.25) is 0 Å². The maximum Gasteiger partial charge on any atom is 0.0112 e. The van der Waals surface area contributed by atoms with Crippen LogP contribution < -0.4 is 5.32 Å². The second-order valence-corrected chi connectivity index (χ2v) is 6.49. The molecule has 0 atom stereocenters. The van der Waals surface area contributed by atoms with Gasteiger partial charge in [-0.1, -0.05) is 13.8 Å². The van der Waals surface area contributed by atoms with Gasteiger partial charge in [-0.2, -0.15) is 0 Å². The van der Waals surface area contributed by atoms with Crippen LogP contribution in [-0.2, 0) is 0 Å². The molecular formula is C15H33N3. The van der Waals surface area contributed by atoms with Gasteiger partial charge in [-0.05, 0) is 52.7 Å². The minimum absolute atomic E-state index is 0.760. The Morgan fingerprint density at radius 3 is 2.11 bits per heavy atom. The molecule has 1 fully saturated rings. The van der Waals surface area contributed by atoms with Gasteiger partial charge in [0.2, 0.25) is 0 Å². The van der Waals surface area contributed by atoms with Crippen LogP contribution in [0.15, 0.2) is 0 Å². The average molecular weight is 255 g/mol. The number of rotatable bonds is 7. The molecule has 0 amide bonds. The highest BCUT2D eigenvalue weighted by Gasteiger charge is 2.25. The van der Waals surface area contributed by atoms with E-state index in [4.69, 9.17) is 0 Å². The number of nitrogens with zero attached hydrogens (tertiary/aromatic N) is 2. The van der Waals surface area contributed by atoms with Crippen LogP contribution in [-0.4, -0.2) is 62.7 Å². The van der Waals surface area contributed by atoms with Crippen molar-refractivity contribution in [3.05, 3.63) is 0 Å². The number of hydrogen-bond donors (Lipinski definition) is 1. The molecule has 0 heterocycles. The second kappa shape index (κ2) is 8.13. The Labute approximate surface area is 114 Å². The molecule has 18 heavy (non-hydrogen) atoms. The summed E-state index contributed by atoms with van der Waals surface area (Å²) in [5, 5.41) is 3.43. The van der Waals surface area contributed by atoms with Gasteiger partial charge in [-0.3, -0.25) is 4.90 Å². The zero-order valence-electron chi connectivity index (χ0n) is 13.1. The lowest BCUT2D eigenvalue weighted by atomic mass is 9.90. The minimum atomic E-state index is 0.760. The summed E-state index contributed by atoms with van der Waals surface area (Å²) in [7, 11) is 6.44. The Morgan fingerprint density at radius 2 is 1.67 bits per heavy atom. The Kier molecular flexibility index (Phi) is 7.20. The zero-order valence-corrected chi connectivity index (χ0v) is 13.1. The number of hydrogen-bond acceptors (Lipinski definition) is 3. The summed E-state index contributed by atoms with van der Waals surface area (Å²) < 4.78 is 0. The van der Waals surface area contributed by atoms with Crippen LogP contribution in [0.1, 0.15) is 39.5 Å². The van der Waals surface area contributed by atoms with E-state index in [0.29, 0.717) is 0 Å². The maximum atomic E-state index is 3.43. The first-order valence-corrected chi connectivity index (χ1v) is 7.59. The van der Waals surface area contributed by atoms with Crippen molar-refractivity contribution < 1.29 is 0 Å². The van der Waals surface area contributed by atoms with Crippen molar-refractivity contribution in [1.29, 1.82) is 0 Å². The molecule has 0 aromatic rings. The van der Waals surface area contributed by atoms with E-state index in [0.717, 1.165) is 18.0 Å². The summed E-state index contributed by atoms with van der Waals surface area (Å²) in [5.74, 6) is 0.772. The first-order valence-electron chi connectivity index (χ1n) is 7.59. The Hall–Kier alpha value is -0.120. The molecule has 0 aromatic heterocycles. The molecule has 3 nitrogen and oxygen atoms in total. The summed E-state index contributed by atoms with van der Waals surface area (Å²) in [4.78, 5) is 5.03. The van der Waals surface area contributed by atoms with Crippen molar-refractivity contribution in [2.75, 3.05) is 40.8 Å². The van der Waals surface area contributed by atoms with E-state index in [2.05, 4.69) is 50.1 Å². The van der Waals surface area contributed by atoms with Gasteiger partial charge in [0, 0.05) is 31.7 Å². The Morgan fingerprint density at radius 1 is 1.06 bits per heavy atom. The fraction of sp³-hybridized carbons (Fsp3) is 1.00. The van der Waals surface area contributed by atoms with E-state index < -0.39 is 0 Å². The van der Waals surface area contributed by atoms with E-state index in [1.165, 1.54) is 45.3 Å². The summed E-state index contributed by atoms with van der Waals surface area (Å²) in [6, 6.07) is 1.58. The molecule has 1 rings (SSSR count). The fourth-order valence-corrected chi connectivity index (χ4v) is 2.95. The van der Waals surface area contributed by atoms with Crippen LogP contribution in [0.25, 0.3) is 0 Å². The largest absolute Gasteiger partial charge is 0.317 e. The van der Waals surface area contributed by atoms with Gasteiger partial charge in [-0.15, -0.1) is 0 Å². The lowest BCUT2D eigenvalue weighted by Crippen LogP contribution is -2.45. The minimum Gasteiger partial charge on any atom is -0.317 e. The van der Waals surface area contributed by atoms with Crippen LogP contribution in [0.3, 0.4) is 0 Å². The average Bonchev–Trinajstić information content (AvgIpc) is 2.34. The third-order valence-electron chi connectivity index (χ3n) is 4.06. The van der Waals surface area contributed by atoms with Gasteiger partial charge >= 0.3 is 0 Å². The first kappa shape index (κ1) is 15.9. The van der Waals surface area contributed by atoms with Crippen LogP contribution in [0, 0.1) is 5.92 Å². The highest BCUT2D eigenvalue weighted by atomic mass is 15.2. The smallest absolute Gasteiger partial charge is 0.0112 e. The highest BCUT2D eigenvalue weighted by molar-refractivity contribution is 4.82. The van der Waals surface area contributed by atoms with Gasteiger partial charge in [0.15, 0.2) is 0 Å². The summed E-state index contributed by atoms with van der Waals surface area (Å²) in [6.07, 6.45) is 5.42. The lowest BCUT2D eigenvalue weighted by Gasteiger charge is -2.38. The van der Waals surface area contributed by atoms with Crippen molar-refractivity contribution in [3.8, 4) is 0 Å². The van der Waals surface area contributed by atoms with Crippen LogP contribution in [0.5, 0.6) is 0 Å². The molecule has 3 heteroatoms. The van der Waals surface area contributed by atoms with Crippen molar-refractivity contribution in [2.24, 2.45) is 5.92 Å². The Bertz CT molecular complexity index is 208. The van der Waals surface area contributed by atoms with Gasteiger partial charge in [0.05, 0.1) is 0 Å². The van der Waals surface area contributed by atoms with Crippen molar-refractivity contribution in [1.82, 2.24) is 15.1 Å². The highest BCUT2D eigenvalue weighted by Crippen LogP contribution is 2.23. The van der Waals surface area contributed by atoms with Crippen LogP contribution in [0.4, 0.5) is 0 Å². The molecule has 1 saturated carbocycles. The standard InChI is InChI=1S/C15H33N3/c1-13(2)12-18(11-10-17(4)5)15-8-6-14(16-3)7-9-15/h13-16H,6-12H2,1-5H3. The van der Waals surface area contributed by atoms with Gasteiger partial charge < -0.3 is 10.2 Å². The first-order chi connectivity index (χ1) is 8.52. The summed E-state index contributed by atoms with van der Waals surface area (Å²) in [6.45, 7) is 8.32. The van der Waals surface area contributed by atoms with E-state index in [9.17, 15) is 0 Å². The molecule has 1 aliphatic rings. The van der Waals surface area contributed by atoms with Gasteiger partial charge in [0.1, 0.15) is 0 Å². The quantitative estimate of drug-likeness (QED) is 0.751. The molecule has 0 bridgehead atoms. The topological polar surface area (TPSA) is 18.5 Å². The summed E-state index contributed by atoms with van der Waals surface area (Å²) >= 11 is 0. The monoisotopic (exact) mass is 255 g/mol. The number of likely N-dealkylation sites (N-methyl/N-ethyl adjacent to an activating group) is 1. The molecule has 0 aromatic carbocycles. The molecule has 0 spiro atoms. The van der Waals surface area contributed by atoms with E-state index in [1.807, 2.05) is 0 Å². The van der Waals surface area contributed by atoms with Crippen LogP contribution >= 0.6 is 0 Å². The number of nitrogens with one attached hydrogen (secondary N) is 1. The predicted octanol–water partition coefficient (Wildman–Crippen LogP) is 2.04. The third-order valence-corrected chi connectivity index (χ3v) is 4.06. The lowest BCUT2D eigenvalue weighted by molar-refractivity contribution is 0.121. The van der Waals surface area contributed by atoms with Crippen molar-refractivity contribution in [3.63, 3.8) is 0 Å². The van der Waals surface area contributed by atoms with E-state index in [-0.39, 0.29) is 0 Å². The van der Waals surface area contributed by atoms with Gasteiger partial charge in [0.25, 0.3) is 0 Å². The van der Waals surface area contributed by atoms with E-state index >= 15 is 0 Å². The Balaban J connectivity index is 2.43. The second-order valence-electron chi connectivity index (χ2n) is 6.49. The molecule has 108 valence electrons. The van der Waals surface area contributed by atoms with Gasteiger partial charge in [-0.25, -0.2) is 0 Å². The van der Waals surface area contributed by atoms with E-state index in [1.54, 1.807) is 0 Å². The zero-order chi connectivity index (χ0) is 13.5. The normalized spacial score (nSPS) is 25.3. The molecule has 0 radical (unpaired) electrons.